The van der Waals surface area contributed by atoms with Crippen molar-refractivity contribution in [2.24, 2.45) is 0 Å². The lowest BCUT2D eigenvalue weighted by Crippen LogP contribution is -2.36. The van der Waals surface area contributed by atoms with Gasteiger partial charge in [0.05, 0.1) is 23.3 Å². The number of halogens is 4. The van der Waals surface area contributed by atoms with Gasteiger partial charge in [-0.3, -0.25) is 19.3 Å². The van der Waals surface area contributed by atoms with E-state index in [1.54, 1.807) is 12.1 Å². The lowest BCUT2D eigenvalue weighted by Gasteiger charge is -2.16. The second-order valence-corrected chi connectivity index (χ2v) is 10.5. The number of benzene rings is 3. The molecule has 2 heterocycles. The van der Waals surface area contributed by atoms with E-state index in [1.807, 2.05) is 53.2 Å². The number of fused-ring (bicyclic) bond motifs is 1. The minimum absolute atomic E-state index is 0.00596. The molecule has 0 bridgehead atoms. The normalized spacial score (nSPS) is 14.8. The topological polar surface area (TPSA) is 80.6 Å². The molecule has 1 aliphatic rings. The van der Waals surface area contributed by atoms with Gasteiger partial charge in [0, 0.05) is 34.2 Å². The number of carbonyl (C=O) groups is 3. The molecule has 1 fully saturated rings. The van der Waals surface area contributed by atoms with Crippen molar-refractivity contribution in [1.82, 2.24) is 9.47 Å². The quantitative estimate of drug-likeness (QED) is 0.230. The highest BCUT2D eigenvalue weighted by molar-refractivity contribution is 8.18. The van der Waals surface area contributed by atoms with Crippen molar-refractivity contribution in [3.63, 3.8) is 0 Å². The number of imide groups is 1. The highest BCUT2D eigenvalue weighted by Crippen LogP contribution is 2.36. The average molecular weight is 600 g/mol. The number of rotatable bonds is 7. The van der Waals surface area contributed by atoms with Gasteiger partial charge in [-0.25, -0.2) is 0 Å². The summed E-state index contributed by atoms with van der Waals surface area (Å²) in [5, 5.41) is 3.10. The Morgan fingerprint density at radius 1 is 1.07 bits per heavy atom. The predicted molar refractivity (Wildman–Crippen MR) is 152 cm³/mol. The third-order valence-corrected chi connectivity index (χ3v) is 7.66. The molecule has 0 unspecified atom stereocenters. The molecule has 7 nitrogen and oxygen atoms in total. The second kappa shape index (κ2) is 11.3. The number of amides is 3. The van der Waals surface area contributed by atoms with Crippen LogP contribution in [0, 0.1) is 0 Å². The standard InChI is InChI=1S/C29H21ClF3N3O4S/c1-40-24-11-10-19(29(31,32)33)13-22(24)34-26(37)16-36-27(38)25(41-28(36)39)12-18-15-35(23-9-5-3-7-20(18)23)14-17-6-2-4-8-21(17)30/h2-13,15H,14,16H2,1H3,(H,34,37)/b25-12-. The third-order valence-electron chi connectivity index (χ3n) is 6.38. The van der Waals surface area contributed by atoms with Gasteiger partial charge in [-0.15, -0.1) is 0 Å². The number of carbonyl (C=O) groups excluding carboxylic acids is 3. The molecule has 0 spiro atoms. The lowest BCUT2D eigenvalue weighted by atomic mass is 10.1. The third kappa shape index (κ3) is 5.96. The molecule has 1 saturated heterocycles. The van der Waals surface area contributed by atoms with E-state index in [-0.39, 0.29) is 16.3 Å². The molecule has 0 saturated carbocycles. The summed E-state index contributed by atoms with van der Waals surface area (Å²) in [6.45, 7) is -0.204. The van der Waals surface area contributed by atoms with Gasteiger partial charge in [0.1, 0.15) is 12.3 Å². The number of methoxy groups -OCH3 is 1. The first-order chi connectivity index (χ1) is 19.5. The van der Waals surface area contributed by atoms with E-state index in [0.717, 1.165) is 39.6 Å². The second-order valence-electron chi connectivity index (χ2n) is 9.05. The van der Waals surface area contributed by atoms with Crippen LogP contribution in [-0.2, 0) is 22.3 Å². The zero-order chi connectivity index (χ0) is 29.3. The summed E-state index contributed by atoms with van der Waals surface area (Å²) in [6.07, 6.45) is -1.20. The lowest BCUT2D eigenvalue weighted by molar-refractivity contribution is -0.137. The first-order valence-corrected chi connectivity index (χ1v) is 13.4. The van der Waals surface area contributed by atoms with Gasteiger partial charge in [-0.05, 0) is 53.7 Å². The molecule has 5 rings (SSSR count). The van der Waals surface area contributed by atoms with Crippen LogP contribution in [-0.4, -0.2) is 40.2 Å². The minimum Gasteiger partial charge on any atom is -0.495 e. The number of para-hydroxylation sites is 1. The fourth-order valence-corrected chi connectivity index (χ4v) is 5.45. The predicted octanol–water partition coefficient (Wildman–Crippen LogP) is 7.05. The van der Waals surface area contributed by atoms with E-state index < -0.39 is 35.3 Å². The van der Waals surface area contributed by atoms with Crippen molar-refractivity contribution in [3.05, 3.63) is 99.5 Å². The molecular weight excluding hydrogens is 579 g/mol. The number of nitrogens with zero attached hydrogens (tertiary/aromatic N) is 2. The molecule has 0 radical (unpaired) electrons. The molecule has 1 aliphatic heterocycles. The van der Waals surface area contributed by atoms with Gasteiger partial charge >= 0.3 is 6.18 Å². The van der Waals surface area contributed by atoms with Gasteiger partial charge in [-0.1, -0.05) is 48.0 Å². The van der Waals surface area contributed by atoms with Gasteiger partial charge in [-0.2, -0.15) is 13.2 Å². The molecule has 41 heavy (non-hydrogen) atoms. The van der Waals surface area contributed by atoms with E-state index >= 15 is 0 Å². The maximum absolute atomic E-state index is 13.2. The maximum Gasteiger partial charge on any atom is 0.416 e. The summed E-state index contributed by atoms with van der Waals surface area (Å²) in [5.74, 6) is -1.55. The van der Waals surface area contributed by atoms with Crippen LogP contribution in [0.5, 0.6) is 5.75 Å². The number of thioether (sulfide) groups is 1. The average Bonchev–Trinajstić information content (AvgIpc) is 3.41. The summed E-state index contributed by atoms with van der Waals surface area (Å²) >= 11 is 7.03. The Labute approximate surface area is 241 Å². The Hall–Kier alpha value is -4.22. The molecule has 0 atom stereocenters. The molecule has 3 aromatic carbocycles. The van der Waals surface area contributed by atoms with Crippen LogP contribution in [0.4, 0.5) is 23.7 Å². The number of nitrogens with one attached hydrogen (secondary N) is 1. The van der Waals surface area contributed by atoms with Crippen LogP contribution in [0.2, 0.25) is 5.02 Å². The van der Waals surface area contributed by atoms with Crippen molar-refractivity contribution in [1.29, 1.82) is 0 Å². The van der Waals surface area contributed by atoms with Gasteiger partial charge in [0.2, 0.25) is 5.91 Å². The van der Waals surface area contributed by atoms with E-state index in [4.69, 9.17) is 16.3 Å². The molecule has 4 aromatic rings. The van der Waals surface area contributed by atoms with Crippen molar-refractivity contribution in [2.45, 2.75) is 12.7 Å². The Kier molecular flexibility index (Phi) is 7.83. The van der Waals surface area contributed by atoms with Crippen molar-refractivity contribution in [3.8, 4) is 5.75 Å². The molecule has 1 aromatic heterocycles. The molecular formula is C29H21ClF3N3O4S. The highest BCUT2D eigenvalue weighted by atomic mass is 35.5. The summed E-state index contributed by atoms with van der Waals surface area (Å²) in [6, 6.07) is 17.7. The van der Waals surface area contributed by atoms with Crippen LogP contribution in [0.3, 0.4) is 0 Å². The van der Waals surface area contributed by atoms with E-state index in [1.165, 1.54) is 7.11 Å². The summed E-state index contributed by atoms with van der Waals surface area (Å²) in [5.41, 5.74) is 1.27. The molecule has 3 amide bonds. The molecule has 0 aliphatic carbocycles. The van der Waals surface area contributed by atoms with Crippen LogP contribution in [0.15, 0.2) is 77.8 Å². The smallest absolute Gasteiger partial charge is 0.416 e. The van der Waals surface area contributed by atoms with Gasteiger partial charge < -0.3 is 14.6 Å². The van der Waals surface area contributed by atoms with Crippen molar-refractivity contribution >= 4 is 63.1 Å². The number of anilines is 1. The number of aromatic nitrogens is 1. The number of alkyl halides is 3. The summed E-state index contributed by atoms with van der Waals surface area (Å²) in [4.78, 5) is 39.4. The fourth-order valence-electron chi connectivity index (χ4n) is 4.42. The Bertz CT molecular complexity index is 1720. The first kappa shape index (κ1) is 28.3. The van der Waals surface area contributed by atoms with E-state index in [0.29, 0.717) is 28.9 Å². The number of hydrogen-bond acceptors (Lipinski definition) is 5. The van der Waals surface area contributed by atoms with Crippen molar-refractivity contribution in [2.75, 3.05) is 19.0 Å². The van der Waals surface area contributed by atoms with Crippen LogP contribution < -0.4 is 10.1 Å². The zero-order valence-corrected chi connectivity index (χ0v) is 22.9. The summed E-state index contributed by atoms with van der Waals surface area (Å²) < 4.78 is 46.5. The van der Waals surface area contributed by atoms with E-state index in [2.05, 4.69) is 5.32 Å². The first-order valence-electron chi connectivity index (χ1n) is 12.2. The monoisotopic (exact) mass is 599 g/mol. The zero-order valence-electron chi connectivity index (χ0n) is 21.4. The number of ether oxygens (including phenoxy) is 1. The Morgan fingerprint density at radius 2 is 1.80 bits per heavy atom. The maximum atomic E-state index is 13.2. The van der Waals surface area contributed by atoms with E-state index in [9.17, 15) is 27.6 Å². The minimum atomic E-state index is -4.64. The van der Waals surface area contributed by atoms with Gasteiger partial charge in [0.15, 0.2) is 0 Å². The molecule has 12 heteroatoms. The molecule has 210 valence electrons. The largest absolute Gasteiger partial charge is 0.495 e. The Morgan fingerprint density at radius 3 is 2.54 bits per heavy atom. The molecule has 1 N–H and O–H groups in total. The fraction of sp³-hybridized carbons (Fsp3) is 0.138. The van der Waals surface area contributed by atoms with Crippen LogP contribution >= 0.6 is 23.4 Å². The van der Waals surface area contributed by atoms with Crippen molar-refractivity contribution < 1.29 is 32.3 Å². The SMILES string of the molecule is COc1ccc(C(F)(F)F)cc1NC(=O)CN1C(=O)S/C(=C\c2cn(Cc3ccccc3Cl)c3ccccc23)C1=O. The summed E-state index contributed by atoms with van der Waals surface area (Å²) in [7, 11) is 1.24. The van der Waals surface area contributed by atoms with Crippen LogP contribution in [0.25, 0.3) is 17.0 Å². The number of hydrogen-bond donors (Lipinski definition) is 1. The van der Waals surface area contributed by atoms with Gasteiger partial charge in [0.25, 0.3) is 11.1 Å². The Balaban J connectivity index is 1.37. The van der Waals surface area contributed by atoms with Crippen LogP contribution in [0.1, 0.15) is 16.7 Å². The highest BCUT2D eigenvalue weighted by Gasteiger charge is 2.37.